The van der Waals surface area contributed by atoms with Gasteiger partial charge in [-0.1, -0.05) is 6.07 Å². The van der Waals surface area contributed by atoms with Crippen LogP contribution in [0.15, 0.2) is 18.2 Å². The van der Waals surface area contributed by atoms with Crippen LogP contribution in [0.4, 0.5) is 0 Å². The summed E-state index contributed by atoms with van der Waals surface area (Å²) >= 11 is 0. The van der Waals surface area contributed by atoms with E-state index in [0.717, 1.165) is 43.9 Å². The molecular weight excluding hydrogens is 332 g/mol. The summed E-state index contributed by atoms with van der Waals surface area (Å²) in [4.78, 5) is 12.6. The van der Waals surface area contributed by atoms with Crippen molar-refractivity contribution >= 4 is 5.91 Å². The number of carbonyl (C=O) groups excluding carboxylic acids is 1. The van der Waals surface area contributed by atoms with Gasteiger partial charge in [-0.2, -0.15) is 0 Å². The van der Waals surface area contributed by atoms with Crippen molar-refractivity contribution in [1.82, 2.24) is 10.6 Å². The third-order valence-corrected chi connectivity index (χ3v) is 5.87. The third-order valence-electron chi connectivity index (χ3n) is 5.87. The van der Waals surface area contributed by atoms with Gasteiger partial charge in [-0.25, -0.2) is 0 Å². The summed E-state index contributed by atoms with van der Waals surface area (Å²) in [6.07, 6.45) is 2.99. The van der Waals surface area contributed by atoms with E-state index in [1.807, 2.05) is 12.1 Å². The minimum absolute atomic E-state index is 0.0665. The van der Waals surface area contributed by atoms with E-state index >= 15 is 0 Å². The fourth-order valence-electron chi connectivity index (χ4n) is 4.18. The predicted molar refractivity (Wildman–Crippen MR) is 97.7 cm³/mol. The Labute approximate surface area is 154 Å². The van der Waals surface area contributed by atoms with Crippen LogP contribution in [0.5, 0.6) is 11.5 Å². The molecule has 0 aromatic heterocycles. The van der Waals surface area contributed by atoms with Crippen LogP contribution in [0.25, 0.3) is 0 Å². The molecule has 6 nitrogen and oxygen atoms in total. The number of ether oxygens (including phenoxy) is 3. The maximum Gasteiger partial charge on any atom is 0.223 e. The molecule has 1 aromatic carbocycles. The van der Waals surface area contributed by atoms with E-state index in [0.29, 0.717) is 26.4 Å². The molecule has 1 amide bonds. The first kappa shape index (κ1) is 17.6. The van der Waals surface area contributed by atoms with Gasteiger partial charge in [0, 0.05) is 25.0 Å². The number of benzene rings is 1. The minimum Gasteiger partial charge on any atom is -0.486 e. The van der Waals surface area contributed by atoms with Gasteiger partial charge in [0.15, 0.2) is 11.5 Å². The number of hydrogen-bond acceptors (Lipinski definition) is 5. The van der Waals surface area contributed by atoms with Gasteiger partial charge in [-0.05, 0) is 56.0 Å². The molecule has 0 spiro atoms. The van der Waals surface area contributed by atoms with Crippen molar-refractivity contribution in [3.8, 4) is 11.5 Å². The Morgan fingerprint density at radius 2 is 2.04 bits per heavy atom. The Morgan fingerprint density at radius 3 is 2.81 bits per heavy atom. The van der Waals surface area contributed by atoms with Gasteiger partial charge in [0.05, 0.1) is 6.61 Å². The Hall–Kier alpha value is -1.79. The molecule has 4 rings (SSSR count). The number of carbonyl (C=O) groups is 1. The summed E-state index contributed by atoms with van der Waals surface area (Å²) in [6, 6.07) is 6.05. The second kappa shape index (κ2) is 7.45. The first-order valence-corrected chi connectivity index (χ1v) is 9.58. The Balaban J connectivity index is 1.34. The first-order valence-electron chi connectivity index (χ1n) is 9.58. The molecule has 2 fully saturated rings. The largest absolute Gasteiger partial charge is 0.486 e. The molecular formula is C20H28N2O4. The topological polar surface area (TPSA) is 68.8 Å². The Kier molecular flexibility index (Phi) is 5.05. The zero-order chi connectivity index (χ0) is 18.0. The molecule has 2 unspecified atom stereocenters. The highest BCUT2D eigenvalue weighted by molar-refractivity contribution is 5.83. The van der Waals surface area contributed by atoms with Gasteiger partial charge in [-0.3, -0.25) is 4.79 Å². The first-order chi connectivity index (χ1) is 12.7. The van der Waals surface area contributed by atoms with Crippen LogP contribution in [0.3, 0.4) is 0 Å². The van der Waals surface area contributed by atoms with Gasteiger partial charge in [-0.15, -0.1) is 0 Å². The number of piperidine rings is 1. The van der Waals surface area contributed by atoms with Crippen molar-refractivity contribution in [2.75, 3.05) is 46.6 Å². The van der Waals surface area contributed by atoms with Crippen LogP contribution >= 0.6 is 0 Å². The molecule has 1 saturated carbocycles. The molecule has 2 aliphatic heterocycles. The molecule has 142 valence electrons. The molecule has 6 heteroatoms. The highest BCUT2D eigenvalue weighted by Crippen LogP contribution is 2.49. The SMILES string of the molecule is COCC1(CNC(=O)C2CC2c2ccc3c(c2)OCCO3)CCNCC1. The maximum absolute atomic E-state index is 12.6. The molecule has 0 bridgehead atoms. The number of methoxy groups -OCH3 is 1. The van der Waals surface area contributed by atoms with Crippen molar-refractivity contribution in [3.05, 3.63) is 23.8 Å². The van der Waals surface area contributed by atoms with E-state index in [1.165, 1.54) is 5.56 Å². The van der Waals surface area contributed by atoms with E-state index in [4.69, 9.17) is 14.2 Å². The van der Waals surface area contributed by atoms with Crippen molar-refractivity contribution < 1.29 is 19.0 Å². The molecule has 2 N–H and O–H groups in total. The number of amides is 1. The van der Waals surface area contributed by atoms with Crippen molar-refractivity contribution in [2.45, 2.75) is 25.2 Å². The van der Waals surface area contributed by atoms with Crippen LogP contribution in [0.1, 0.15) is 30.7 Å². The van der Waals surface area contributed by atoms with E-state index < -0.39 is 0 Å². The monoisotopic (exact) mass is 360 g/mol. The normalized spacial score (nSPS) is 26.2. The summed E-state index contributed by atoms with van der Waals surface area (Å²) in [6.45, 7) is 4.56. The number of fused-ring (bicyclic) bond motifs is 1. The summed E-state index contributed by atoms with van der Waals surface area (Å²) in [5.74, 6) is 2.12. The minimum atomic E-state index is 0.0665. The summed E-state index contributed by atoms with van der Waals surface area (Å²) in [7, 11) is 1.74. The number of nitrogens with one attached hydrogen (secondary N) is 2. The van der Waals surface area contributed by atoms with Crippen LogP contribution < -0.4 is 20.1 Å². The smallest absolute Gasteiger partial charge is 0.223 e. The van der Waals surface area contributed by atoms with E-state index in [2.05, 4.69) is 16.7 Å². The molecule has 2 atom stereocenters. The van der Waals surface area contributed by atoms with E-state index in [-0.39, 0.29) is 23.2 Å². The lowest BCUT2D eigenvalue weighted by molar-refractivity contribution is -0.123. The van der Waals surface area contributed by atoms with Gasteiger partial charge in [0.25, 0.3) is 0 Å². The van der Waals surface area contributed by atoms with Gasteiger partial charge in [0.1, 0.15) is 13.2 Å². The lowest BCUT2D eigenvalue weighted by atomic mass is 9.79. The number of hydrogen-bond donors (Lipinski definition) is 2. The van der Waals surface area contributed by atoms with Crippen LogP contribution in [0.2, 0.25) is 0 Å². The maximum atomic E-state index is 12.6. The summed E-state index contributed by atoms with van der Waals surface area (Å²) in [5.41, 5.74) is 1.24. The van der Waals surface area contributed by atoms with Gasteiger partial charge < -0.3 is 24.8 Å². The van der Waals surface area contributed by atoms with Crippen molar-refractivity contribution in [1.29, 1.82) is 0 Å². The highest BCUT2D eigenvalue weighted by Gasteiger charge is 2.45. The standard InChI is InChI=1S/C20H28N2O4/c1-24-13-20(4-6-21-7-5-20)12-22-19(23)16-11-15(16)14-2-3-17-18(10-14)26-9-8-25-17/h2-3,10,15-16,21H,4-9,11-13H2,1H3,(H,22,23). The molecule has 1 aromatic rings. The molecule has 26 heavy (non-hydrogen) atoms. The second-order valence-electron chi connectivity index (χ2n) is 7.75. The number of rotatable bonds is 6. The predicted octanol–water partition coefficient (Wildman–Crippen LogP) is 1.69. The van der Waals surface area contributed by atoms with Gasteiger partial charge in [0.2, 0.25) is 5.91 Å². The Bertz CT molecular complexity index is 652. The van der Waals surface area contributed by atoms with E-state index in [9.17, 15) is 4.79 Å². The second-order valence-corrected chi connectivity index (χ2v) is 7.75. The Morgan fingerprint density at radius 1 is 1.27 bits per heavy atom. The molecule has 0 radical (unpaired) electrons. The van der Waals surface area contributed by atoms with Crippen LogP contribution in [-0.2, 0) is 9.53 Å². The lowest BCUT2D eigenvalue weighted by Crippen LogP contribution is -2.47. The van der Waals surface area contributed by atoms with Crippen LogP contribution in [0, 0.1) is 11.3 Å². The molecule has 2 heterocycles. The van der Waals surface area contributed by atoms with Crippen molar-refractivity contribution in [2.24, 2.45) is 11.3 Å². The van der Waals surface area contributed by atoms with Crippen molar-refractivity contribution in [3.63, 3.8) is 0 Å². The zero-order valence-corrected chi connectivity index (χ0v) is 15.4. The molecule has 1 saturated heterocycles. The van der Waals surface area contributed by atoms with Crippen LogP contribution in [-0.4, -0.2) is 52.5 Å². The fourth-order valence-corrected chi connectivity index (χ4v) is 4.18. The zero-order valence-electron chi connectivity index (χ0n) is 15.4. The average Bonchev–Trinajstić information content (AvgIpc) is 3.48. The average molecular weight is 360 g/mol. The summed E-state index contributed by atoms with van der Waals surface area (Å²) in [5, 5.41) is 6.58. The quantitative estimate of drug-likeness (QED) is 0.808. The molecule has 3 aliphatic rings. The fraction of sp³-hybridized carbons (Fsp3) is 0.650. The third kappa shape index (κ3) is 3.67. The van der Waals surface area contributed by atoms with Gasteiger partial charge >= 0.3 is 0 Å². The van der Waals surface area contributed by atoms with E-state index in [1.54, 1.807) is 7.11 Å². The highest BCUT2D eigenvalue weighted by atomic mass is 16.6. The molecule has 1 aliphatic carbocycles. The lowest BCUT2D eigenvalue weighted by Gasteiger charge is -2.37. The summed E-state index contributed by atoms with van der Waals surface area (Å²) < 4.78 is 16.7.